The van der Waals surface area contributed by atoms with Gasteiger partial charge in [0, 0.05) is 6.61 Å². The van der Waals surface area contributed by atoms with Crippen molar-refractivity contribution < 1.29 is 39.9 Å². The number of carboxylic acid groups (broad SMARTS) is 3. The number of carboxylic acids is 3. The summed E-state index contributed by atoms with van der Waals surface area (Å²) in [5, 5.41) is 44.1. The van der Waals surface area contributed by atoms with Crippen molar-refractivity contribution in [3.63, 3.8) is 0 Å². The average Bonchev–Trinajstić information content (AvgIpc) is 2.65. The van der Waals surface area contributed by atoms with E-state index < -0.39 is 42.6 Å². The number of hydrogen-bond donors (Lipinski definition) is 9. The molecule has 0 aromatic rings. The average molecular weight is 412 g/mol. The van der Waals surface area contributed by atoms with Gasteiger partial charge in [0.1, 0.15) is 18.1 Å². The third-order valence-corrected chi connectivity index (χ3v) is 3.16. The van der Waals surface area contributed by atoms with Crippen molar-refractivity contribution in [1.82, 2.24) is 5.32 Å². The second kappa shape index (κ2) is 21.5. The van der Waals surface area contributed by atoms with E-state index in [0.717, 1.165) is 19.3 Å². The maximum Gasteiger partial charge on any atom is 0.322 e. The first-order valence-electron chi connectivity index (χ1n) is 8.93. The fourth-order valence-electron chi connectivity index (χ4n) is 1.47. The zero-order valence-electron chi connectivity index (χ0n) is 16.3. The zero-order valence-corrected chi connectivity index (χ0v) is 16.3. The molecule has 0 amide bonds. The lowest BCUT2D eigenvalue weighted by atomic mass is 10.1. The second-order valence-electron chi connectivity index (χ2n) is 5.71. The summed E-state index contributed by atoms with van der Waals surface area (Å²) in [5.74, 6) is -3.01. The van der Waals surface area contributed by atoms with Crippen LogP contribution >= 0.6 is 0 Å². The van der Waals surface area contributed by atoms with Crippen LogP contribution in [-0.4, -0.2) is 87.9 Å². The molecule has 0 aliphatic carbocycles. The lowest BCUT2D eigenvalue weighted by Gasteiger charge is -2.11. The van der Waals surface area contributed by atoms with Crippen molar-refractivity contribution in [3.8, 4) is 0 Å². The van der Waals surface area contributed by atoms with Gasteiger partial charge in [0.25, 0.3) is 0 Å². The number of unbranched alkanes of at least 4 members (excludes halogenated alkanes) is 1. The van der Waals surface area contributed by atoms with E-state index in [1.165, 1.54) is 0 Å². The first-order chi connectivity index (χ1) is 13.1. The Labute approximate surface area is 164 Å². The Bertz CT molecular complexity index is 412. The van der Waals surface area contributed by atoms with Gasteiger partial charge in [-0.3, -0.25) is 14.4 Å². The molecular formula is C16H36N4O8. The third-order valence-electron chi connectivity index (χ3n) is 3.16. The monoisotopic (exact) mass is 412 g/mol. The molecule has 0 aliphatic heterocycles. The highest BCUT2D eigenvalue weighted by molar-refractivity contribution is 5.73. The Kier molecular flexibility index (Phi) is 23.7. The molecule has 0 aromatic carbocycles. The molecule has 0 aromatic heterocycles. The first-order valence-corrected chi connectivity index (χ1v) is 8.93. The zero-order chi connectivity index (χ0) is 22.5. The molecule has 12 heteroatoms. The SMILES string of the molecule is CCCNC(CCO)C(=O)O.NC(CO)C(=O)O.NCCCCC(N)C(=O)O. The van der Waals surface area contributed by atoms with E-state index in [0.29, 0.717) is 19.5 Å². The quantitative estimate of drug-likeness (QED) is 0.145. The summed E-state index contributed by atoms with van der Waals surface area (Å²) >= 11 is 0. The fourth-order valence-corrected chi connectivity index (χ4v) is 1.47. The Morgan fingerprint density at radius 1 is 0.893 bits per heavy atom. The van der Waals surface area contributed by atoms with Crippen molar-refractivity contribution in [2.45, 2.75) is 57.2 Å². The van der Waals surface area contributed by atoms with Gasteiger partial charge in [-0.05, 0) is 38.8 Å². The molecule has 0 rings (SSSR count). The summed E-state index contributed by atoms with van der Waals surface area (Å²) in [6, 6.07) is -2.44. The number of rotatable bonds is 13. The summed E-state index contributed by atoms with van der Waals surface area (Å²) in [6.45, 7) is 2.65. The molecule has 0 spiro atoms. The van der Waals surface area contributed by atoms with Crippen molar-refractivity contribution in [1.29, 1.82) is 0 Å². The minimum absolute atomic E-state index is 0.0896. The highest BCUT2D eigenvalue weighted by atomic mass is 16.4. The number of nitrogens with two attached hydrogens (primary N) is 3. The molecule has 12 nitrogen and oxygen atoms in total. The van der Waals surface area contributed by atoms with E-state index in [1.807, 2.05) is 6.92 Å². The largest absolute Gasteiger partial charge is 0.480 e. The summed E-state index contributed by atoms with van der Waals surface area (Å²) in [7, 11) is 0. The fraction of sp³-hybridized carbons (Fsp3) is 0.812. The van der Waals surface area contributed by atoms with Crippen LogP contribution in [0.2, 0.25) is 0 Å². The van der Waals surface area contributed by atoms with Crippen molar-refractivity contribution in [2.75, 3.05) is 26.3 Å². The topological polar surface area (TPSA) is 242 Å². The maximum atomic E-state index is 10.4. The van der Waals surface area contributed by atoms with E-state index in [9.17, 15) is 14.4 Å². The van der Waals surface area contributed by atoms with Crippen LogP contribution in [0.5, 0.6) is 0 Å². The molecule has 0 aliphatic rings. The molecule has 0 heterocycles. The van der Waals surface area contributed by atoms with E-state index >= 15 is 0 Å². The van der Waals surface area contributed by atoms with Crippen molar-refractivity contribution in [3.05, 3.63) is 0 Å². The highest BCUT2D eigenvalue weighted by Crippen LogP contribution is 1.97. The minimum Gasteiger partial charge on any atom is -0.480 e. The molecule has 0 radical (unpaired) electrons. The number of hydrogen-bond acceptors (Lipinski definition) is 9. The van der Waals surface area contributed by atoms with E-state index in [4.69, 9.17) is 42.7 Å². The molecule has 12 N–H and O–H groups in total. The first kappa shape index (κ1) is 30.9. The minimum atomic E-state index is -1.18. The summed E-state index contributed by atoms with van der Waals surface area (Å²) in [5.41, 5.74) is 15.2. The Hall–Kier alpha value is -1.83. The Morgan fingerprint density at radius 2 is 1.43 bits per heavy atom. The van der Waals surface area contributed by atoms with Gasteiger partial charge in [-0.2, -0.15) is 0 Å². The number of nitrogens with one attached hydrogen (secondary N) is 1. The number of aliphatic hydroxyl groups excluding tert-OH is 2. The standard InChI is InChI=1S/C7H15NO3.C6H14N2O2.C3H7NO3/c1-2-4-8-6(3-5-9)7(10)11;7-4-2-1-3-5(8)6(9)10;4-2(1-5)3(6)7/h6,8-9H,2-5H2,1H3,(H,10,11);5H,1-4,7-8H2,(H,9,10);2,5H,1,4H2,(H,6,7). The van der Waals surface area contributed by atoms with Crippen LogP contribution in [-0.2, 0) is 14.4 Å². The lowest BCUT2D eigenvalue weighted by molar-refractivity contribution is -0.140. The van der Waals surface area contributed by atoms with Crippen LogP contribution in [0.25, 0.3) is 0 Å². The van der Waals surface area contributed by atoms with Gasteiger partial charge < -0.3 is 48.1 Å². The van der Waals surface area contributed by atoms with Gasteiger partial charge in [-0.1, -0.05) is 13.3 Å². The normalized spacial score (nSPS) is 13.1. The Balaban J connectivity index is -0.000000343. The van der Waals surface area contributed by atoms with Crippen LogP contribution in [0.4, 0.5) is 0 Å². The van der Waals surface area contributed by atoms with Gasteiger partial charge in [0.05, 0.1) is 6.61 Å². The highest BCUT2D eigenvalue weighted by Gasteiger charge is 2.14. The van der Waals surface area contributed by atoms with E-state index in [1.54, 1.807) is 0 Å². The van der Waals surface area contributed by atoms with E-state index in [-0.39, 0.29) is 13.0 Å². The summed E-state index contributed by atoms with van der Waals surface area (Å²) in [4.78, 5) is 30.2. The van der Waals surface area contributed by atoms with Crippen LogP contribution in [0.3, 0.4) is 0 Å². The molecule has 3 atom stereocenters. The van der Waals surface area contributed by atoms with Crippen LogP contribution in [0.1, 0.15) is 39.0 Å². The van der Waals surface area contributed by atoms with Crippen LogP contribution < -0.4 is 22.5 Å². The molecular weight excluding hydrogens is 376 g/mol. The predicted molar refractivity (Wildman–Crippen MR) is 103 cm³/mol. The molecule has 0 bridgehead atoms. The molecule has 168 valence electrons. The third kappa shape index (κ3) is 22.2. The summed E-state index contributed by atoms with van der Waals surface area (Å²) < 4.78 is 0. The number of aliphatic carboxylic acids is 3. The molecule has 28 heavy (non-hydrogen) atoms. The van der Waals surface area contributed by atoms with Gasteiger partial charge in [0.2, 0.25) is 0 Å². The van der Waals surface area contributed by atoms with Gasteiger partial charge in [-0.15, -0.1) is 0 Å². The van der Waals surface area contributed by atoms with E-state index in [2.05, 4.69) is 5.32 Å². The second-order valence-corrected chi connectivity index (χ2v) is 5.71. The number of carbonyl (C=O) groups is 3. The van der Waals surface area contributed by atoms with Crippen LogP contribution in [0, 0.1) is 0 Å². The maximum absolute atomic E-state index is 10.4. The van der Waals surface area contributed by atoms with Gasteiger partial charge in [0.15, 0.2) is 0 Å². The molecule has 3 unspecified atom stereocenters. The smallest absolute Gasteiger partial charge is 0.322 e. The summed E-state index contributed by atoms with van der Waals surface area (Å²) in [6.07, 6.45) is 3.34. The van der Waals surface area contributed by atoms with Gasteiger partial charge in [-0.25, -0.2) is 0 Å². The van der Waals surface area contributed by atoms with Crippen molar-refractivity contribution in [2.24, 2.45) is 17.2 Å². The molecule has 0 fully saturated rings. The number of aliphatic hydroxyl groups is 2. The van der Waals surface area contributed by atoms with Crippen LogP contribution in [0.15, 0.2) is 0 Å². The predicted octanol–water partition coefficient (Wildman–Crippen LogP) is -2.26. The lowest BCUT2D eigenvalue weighted by Crippen LogP contribution is -2.37. The van der Waals surface area contributed by atoms with Crippen molar-refractivity contribution >= 4 is 17.9 Å². The van der Waals surface area contributed by atoms with Gasteiger partial charge >= 0.3 is 17.9 Å². The molecule has 0 saturated heterocycles. The molecule has 0 saturated carbocycles. The Morgan fingerprint density at radius 3 is 1.71 bits per heavy atom.